The van der Waals surface area contributed by atoms with Crippen LogP contribution < -0.4 is 0 Å². The van der Waals surface area contributed by atoms with Crippen LogP contribution in [0.25, 0.3) is 17.0 Å². The molecule has 0 saturated carbocycles. The molecule has 0 saturated heterocycles. The molecule has 0 bridgehead atoms. The van der Waals surface area contributed by atoms with Crippen molar-refractivity contribution in [3.8, 4) is 11.4 Å². The number of aromatic nitrogens is 2. The minimum absolute atomic E-state index is 0.751. The molecule has 15 heavy (non-hydrogen) atoms. The maximum atomic E-state index is 4.30. The molecule has 0 atom stereocenters. The summed E-state index contributed by atoms with van der Waals surface area (Å²) < 4.78 is 0. The molecule has 0 unspecified atom stereocenters. The van der Waals surface area contributed by atoms with E-state index in [9.17, 15) is 0 Å². The summed E-state index contributed by atoms with van der Waals surface area (Å²) in [4.78, 5) is 8.60. The second-order valence-corrected chi connectivity index (χ2v) is 3.44. The largest absolute Gasteiger partial charge is 0.236 e. The summed E-state index contributed by atoms with van der Waals surface area (Å²) >= 11 is 0. The van der Waals surface area contributed by atoms with Gasteiger partial charge in [-0.15, -0.1) is 0 Å². The van der Waals surface area contributed by atoms with Crippen LogP contribution in [0.15, 0.2) is 49.3 Å². The van der Waals surface area contributed by atoms with Crippen molar-refractivity contribution in [2.45, 2.75) is 6.92 Å². The van der Waals surface area contributed by atoms with Crippen LogP contribution in [0.4, 0.5) is 0 Å². The van der Waals surface area contributed by atoms with E-state index in [0.717, 1.165) is 22.5 Å². The Kier molecular flexibility index (Phi) is 2.59. The first-order valence-electron chi connectivity index (χ1n) is 4.81. The quantitative estimate of drug-likeness (QED) is 0.737. The minimum atomic E-state index is 0.751. The summed E-state index contributed by atoms with van der Waals surface area (Å²) in [6, 6.07) is 9.92. The van der Waals surface area contributed by atoms with E-state index >= 15 is 0 Å². The van der Waals surface area contributed by atoms with Crippen molar-refractivity contribution in [3.63, 3.8) is 0 Å². The molecule has 1 heterocycles. The van der Waals surface area contributed by atoms with Crippen molar-refractivity contribution in [3.05, 3.63) is 54.9 Å². The van der Waals surface area contributed by atoms with E-state index in [4.69, 9.17) is 0 Å². The smallest absolute Gasteiger partial charge is 0.159 e. The average molecular weight is 196 g/mol. The number of benzene rings is 1. The lowest BCUT2D eigenvalue weighted by Crippen LogP contribution is -1.90. The molecule has 0 aliphatic rings. The van der Waals surface area contributed by atoms with Crippen LogP contribution in [0.5, 0.6) is 0 Å². The Morgan fingerprint density at radius 3 is 2.20 bits per heavy atom. The zero-order chi connectivity index (χ0) is 10.7. The molecule has 2 aromatic rings. The first-order valence-corrected chi connectivity index (χ1v) is 4.81. The van der Waals surface area contributed by atoms with Gasteiger partial charge in [-0.05, 0) is 12.5 Å². The zero-order valence-electron chi connectivity index (χ0n) is 8.64. The summed E-state index contributed by atoms with van der Waals surface area (Å²) in [6.07, 6.45) is 3.61. The Hall–Kier alpha value is -1.96. The molecule has 1 aromatic heterocycles. The highest BCUT2D eigenvalue weighted by molar-refractivity contribution is 5.61. The normalized spacial score (nSPS) is 9.93. The summed E-state index contributed by atoms with van der Waals surface area (Å²) in [5.74, 6) is 0.751. The van der Waals surface area contributed by atoms with Crippen LogP contribution >= 0.6 is 0 Å². The summed E-state index contributed by atoms with van der Waals surface area (Å²) in [7, 11) is 0. The number of nitrogens with zero attached hydrogens (tertiary/aromatic N) is 2. The molecule has 74 valence electrons. The molecule has 0 fully saturated rings. The zero-order valence-corrected chi connectivity index (χ0v) is 8.64. The highest BCUT2D eigenvalue weighted by atomic mass is 14.9. The van der Waals surface area contributed by atoms with E-state index < -0.39 is 0 Å². The number of rotatable bonds is 2. The summed E-state index contributed by atoms with van der Waals surface area (Å²) in [6.45, 7) is 5.79. The van der Waals surface area contributed by atoms with E-state index in [1.807, 2.05) is 37.3 Å². The molecule has 0 aliphatic heterocycles. The predicted octanol–water partition coefficient (Wildman–Crippen LogP) is 3.18. The maximum Gasteiger partial charge on any atom is 0.159 e. The molecule has 0 aliphatic carbocycles. The van der Waals surface area contributed by atoms with E-state index in [2.05, 4.69) is 16.5 Å². The Morgan fingerprint density at radius 1 is 1.07 bits per heavy atom. The molecule has 1 aromatic carbocycles. The first-order chi connectivity index (χ1) is 7.27. The molecular weight excluding hydrogens is 184 g/mol. The van der Waals surface area contributed by atoms with Crippen LogP contribution in [0.1, 0.15) is 12.5 Å². The van der Waals surface area contributed by atoms with Crippen LogP contribution in [0.2, 0.25) is 0 Å². The van der Waals surface area contributed by atoms with Gasteiger partial charge in [-0.2, -0.15) is 0 Å². The molecule has 0 spiro atoms. The second-order valence-electron chi connectivity index (χ2n) is 3.44. The third-order valence-corrected chi connectivity index (χ3v) is 2.18. The van der Waals surface area contributed by atoms with Gasteiger partial charge in [-0.25, -0.2) is 9.97 Å². The van der Waals surface area contributed by atoms with Crippen molar-refractivity contribution >= 4 is 5.57 Å². The Balaban J connectivity index is 2.36. The van der Waals surface area contributed by atoms with Gasteiger partial charge < -0.3 is 0 Å². The first kappa shape index (κ1) is 9.59. The number of hydrogen-bond donors (Lipinski definition) is 0. The van der Waals surface area contributed by atoms with Gasteiger partial charge in [0.05, 0.1) is 0 Å². The number of allylic oxidation sites excluding steroid dienone is 1. The van der Waals surface area contributed by atoms with Gasteiger partial charge in [-0.1, -0.05) is 36.9 Å². The Bertz CT molecular complexity index is 458. The van der Waals surface area contributed by atoms with Gasteiger partial charge in [0.15, 0.2) is 5.82 Å². The highest BCUT2D eigenvalue weighted by Crippen LogP contribution is 2.15. The van der Waals surface area contributed by atoms with Crippen molar-refractivity contribution in [1.82, 2.24) is 9.97 Å². The van der Waals surface area contributed by atoms with Crippen molar-refractivity contribution in [2.75, 3.05) is 0 Å². The monoisotopic (exact) mass is 196 g/mol. The summed E-state index contributed by atoms with van der Waals surface area (Å²) in [5, 5.41) is 0. The van der Waals surface area contributed by atoms with E-state index in [1.165, 1.54) is 0 Å². The van der Waals surface area contributed by atoms with Crippen LogP contribution in [-0.4, -0.2) is 9.97 Å². The maximum absolute atomic E-state index is 4.30. The predicted molar refractivity (Wildman–Crippen MR) is 62.2 cm³/mol. The average Bonchev–Trinajstić information content (AvgIpc) is 2.30. The summed E-state index contributed by atoms with van der Waals surface area (Å²) in [5.41, 5.74) is 3.00. The molecule has 0 N–H and O–H groups in total. The Morgan fingerprint density at radius 2 is 1.67 bits per heavy atom. The van der Waals surface area contributed by atoms with Gasteiger partial charge in [0.1, 0.15) is 0 Å². The fraction of sp³-hybridized carbons (Fsp3) is 0.0769. The second kappa shape index (κ2) is 4.05. The van der Waals surface area contributed by atoms with Gasteiger partial charge in [0.25, 0.3) is 0 Å². The van der Waals surface area contributed by atoms with Crippen molar-refractivity contribution < 1.29 is 0 Å². The topological polar surface area (TPSA) is 25.8 Å². The standard InChI is InChI=1S/C13H12N2/c1-10(2)12-8-14-13(15-9-12)11-6-4-3-5-7-11/h3-9H,1H2,2H3. The molecule has 0 amide bonds. The lowest BCUT2D eigenvalue weighted by atomic mass is 10.2. The fourth-order valence-corrected chi connectivity index (χ4v) is 1.28. The van der Waals surface area contributed by atoms with Crippen LogP contribution in [0, 0.1) is 0 Å². The van der Waals surface area contributed by atoms with E-state index in [1.54, 1.807) is 12.4 Å². The molecule has 2 rings (SSSR count). The minimum Gasteiger partial charge on any atom is -0.236 e. The van der Waals surface area contributed by atoms with E-state index in [0.29, 0.717) is 0 Å². The van der Waals surface area contributed by atoms with Gasteiger partial charge in [0, 0.05) is 23.5 Å². The van der Waals surface area contributed by atoms with Gasteiger partial charge in [-0.3, -0.25) is 0 Å². The lowest BCUT2D eigenvalue weighted by molar-refractivity contribution is 1.16. The molecule has 0 radical (unpaired) electrons. The lowest BCUT2D eigenvalue weighted by Gasteiger charge is -2.01. The molecule has 2 nitrogen and oxygen atoms in total. The third-order valence-electron chi connectivity index (χ3n) is 2.18. The van der Waals surface area contributed by atoms with Crippen LogP contribution in [0.3, 0.4) is 0 Å². The van der Waals surface area contributed by atoms with Crippen LogP contribution in [-0.2, 0) is 0 Å². The Labute approximate surface area is 89.3 Å². The van der Waals surface area contributed by atoms with E-state index in [-0.39, 0.29) is 0 Å². The number of hydrogen-bond acceptors (Lipinski definition) is 2. The molecular formula is C13H12N2. The SMILES string of the molecule is C=C(C)c1cnc(-c2ccccc2)nc1. The van der Waals surface area contributed by atoms with Gasteiger partial charge in [0.2, 0.25) is 0 Å². The fourth-order valence-electron chi connectivity index (χ4n) is 1.28. The third kappa shape index (κ3) is 2.10. The van der Waals surface area contributed by atoms with Crippen molar-refractivity contribution in [2.24, 2.45) is 0 Å². The molecule has 2 heteroatoms. The van der Waals surface area contributed by atoms with Crippen molar-refractivity contribution in [1.29, 1.82) is 0 Å². The van der Waals surface area contributed by atoms with Gasteiger partial charge >= 0.3 is 0 Å². The highest BCUT2D eigenvalue weighted by Gasteiger charge is 2.00.